The molecule has 0 aliphatic heterocycles. The standard InChI is InChI=1S/C19H17BrN2/c1-12-9-14-6-4-8-17(20)18(14)19(22-12)21-11-15-10-13-5-2-3-7-16(13)15/h2-9,15H,10-11H2,1H3,(H,21,22). The Morgan fingerprint density at radius 1 is 1.18 bits per heavy atom. The van der Waals surface area contributed by atoms with E-state index in [0.717, 1.165) is 29.0 Å². The molecule has 0 amide bonds. The van der Waals surface area contributed by atoms with E-state index in [1.807, 2.05) is 6.92 Å². The quantitative estimate of drug-likeness (QED) is 0.712. The van der Waals surface area contributed by atoms with Gasteiger partial charge < -0.3 is 5.32 Å². The Labute approximate surface area is 138 Å². The summed E-state index contributed by atoms with van der Waals surface area (Å²) in [6.07, 6.45) is 1.16. The van der Waals surface area contributed by atoms with E-state index in [9.17, 15) is 0 Å². The smallest absolute Gasteiger partial charge is 0.135 e. The normalized spacial score (nSPS) is 16.2. The summed E-state index contributed by atoms with van der Waals surface area (Å²) in [5, 5.41) is 5.96. The molecule has 0 radical (unpaired) electrons. The number of benzene rings is 2. The summed E-state index contributed by atoms with van der Waals surface area (Å²) < 4.78 is 1.09. The first kappa shape index (κ1) is 13.8. The van der Waals surface area contributed by atoms with Crippen LogP contribution in [0, 0.1) is 6.92 Å². The van der Waals surface area contributed by atoms with Crippen LogP contribution in [0.1, 0.15) is 22.7 Å². The lowest BCUT2D eigenvalue weighted by Gasteiger charge is -2.30. The van der Waals surface area contributed by atoms with Crippen molar-refractivity contribution in [3.8, 4) is 0 Å². The van der Waals surface area contributed by atoms with Crippen LogP contribution in [0.4, 0.5) is 5.82 Å². The Bertz CT molecular complexity index is 857. The monoisotopic (exact) mass is 352 g/mol. The second-order valence-corrected chi connectivity index (χ2v) is 6.79. The Balaban J connectivity index is 1.63. The third kappa shape index (κ3) is 2.30. The lowest BCUT2D eigenvalue weighted by Crippen LogP contribution is -2.24. The SMILES string of the molecule is Cc1cc2cccc(Br)c2c(NCC2Cc3ccccc32)n1. The fourth-order valence-corrected chi connectivity index (χ4v) is 3.86. The number of hydrogen-bond donors (Lipinski definition) is 1. The Kier molecular flexibility index (Phi) is 3.38. The van der Waals surface area contributed by atoms with Gasteiger partial charge in [-0.2, -0.15) is 0 Å². The summed E-state index contributed by atoms with van der Waals surface area (Å²) in [7, 11) is 0. The highest BCUT2D eigenvalue weighted by molar-refractivity contribution is 9.10. The van der Waals surface area contributed by atoms with Crippen LogP contribution in [0.25, 0.3) is 10.8 Å². The van der Waals surface area contributed by atoms with Gasteiger partial charge in [0.25, 0.3) is 0 Å². The predicted molar refractivity (Wildman–Crippen MR) is 95.6 cm³/mol. The van der Waals surface area contributed by atoms with E-state index in [0.29, 0.717) is 5.92 Å². The molecule has 2 nitrogen and oxygen atoms in total. The summed E-state index contributed by atoms with van der Waals surface area (Å²) in [6, 6.07) is 17.1. The Hall–Kier alpha value is -1.87. The minimum absolute atomic E-state index is 0.594. The third-order valence-corrected chi connectivity index (χ3v) is 5.07. The van der Waals surface area contributed by atoms with Crippen LogP contribution in [0.5, 0.6) is 0 Å². The van der Waals surface area contributed by atoms with Gasteiger partial charge in [0.05, 0.1) is 0 Å². The van der Waals surface area contributed by atoms with E-state index in [1.165, 1.54) is 21.9 Å². The Morgan fingerprint density at radius 3 is 2.91 bits per heavy atom. The van der Waals surface area contributed by atoms with Gasteiger partial charge in [-0.05, 0) is 42.0 Å². The van der Waals surface area contributed by atoms with Gasteiger partial charge in [-0.15, -0.1) is 0 Å². The number of aromatic nitrogens is 1. The molecule has 0 saturated heterocycles. The predicted octanol–water partition coefficient (Wildman–Crippen LogP) is 5.06. The minimum atomic E-state index is 0.594. The van der Waals surface area contributed by atoms with Gasteiger partial charge in [0, 0.05) is 28.0 Å². The number of pyridine rings is 1. The van der Waals surface area contributed by atoms with Crippen LogP contribution in [0.15, 0.2) is 53.0 Å². The van der Waals surface area contributed by atoms with E-state index < -0.39 is 0 Å². The maximum absolute atomic E-state index is 4.71. The molecule has 110 valence electrons. The second-order valence-electron chi connectivity index (χ2n) is 5.93. The molecule has 22 heavy (non-hydrogen) atoms. The summed E-state index contributed by atoms with van der Waals surface area (Å²) in [6.45, 7) is 2.98. The van der Waals surface area contributed by atoms with Crippen LogP contribution in [0.3, 0.4) is 0 Å². The average Bonchev–Trinajstić information content (AvgIpc) is 2.47. The number of aryl methyl sites for hydroxylation is 1. The van der Waals surface area contributed by atoms with E-state index in [1.54, 1.807) is 0 Å². The third-order valence-electron chi connectivity index (χ3n) is 4.41. The van der Waals surface area contributed by atoms with Crippen molar-refractivity contribution in [3.05, 3.63) is 69.8 Å². The fourth-order valence-electron chi connectivity index (χ4n) is 3.29. The van der Waals surface area contributed by atoms with Crippen molar-refractivity contribution < 1.29 is 0 Å². The summed E-state index contributed by atoms with van der Waals surface area (Å²) in [5.74, 6) is 1.57. The van der Waals surface area contributed by atoms with Gasteiger partial charge in [0.15, 0.2) is 0 Å². The van der Waals surface area contributed by atoms with Crippen LogP contribution in [0.2, 0.25) is 0 Å². The molecule has 1 aromatic heterocycles. The average molecular weight is 353 g/mol. The van der Waals surface area contributed by atoms with Crippen molar-refractivity contribution in [3.63, 3.8) is 0 Å². The van der Waals surface area contributed by atoms with Gasteiger partial charge in [-0.3, -0.25) is 0 Å². The van der Waals surface area contributed by atoms with Gasteiger partial charge >= 0.3 is 0 Å². The van der Waals surface area contributed by atoms with Crippen molar-refractivity contribution >= 4 is 32.5 Å². The lowest BCUT2D eigenvalue weighted by atomic mass is 9.77. The zero-order valence-electron chi connectivity index (χ0n) is 12.4. The maximum Gasteiger partial charge on any atom is 0.135 e. The summed E-state index contributed by atoms with van der Waals surface area (Å²) in [5.41, 5.74) is 4.01. The largest absolute Gasteiger partial charge is 0.369 e. The van der Waals surface area contributed by atoms with Crippen molar-refractivity contribution in [1.82, 2.24) is 4.98 Å². The number of anilines is 1. The first-order valence-electron chi connectivity index (χ1n) is 7.60. The molecular weight excluding hydrogens is 336 g/mol. The topological polar surface area (TPSA) is 24.9 Å². The van der Waals surface area contributed by atoms with E-state index in [4.69, 9.17) is 4.98 Å². The molecule has 0 saturated carbocycles. The van der Waals surface area contributed by atoms with Gasteiger partial charge in [0.1, 0.15) is 5.82 Å². The van der Waals surface area contributed by atoms with Crippen molar-refractivity contribution in [2.24, 2.45) is 0 Å². The lowest BCUT2D eigenvalue weighted by molar-refractivity contribution is 0.635. The Morgan fingerprint density at radius 2 is 2.05 bits per heavy atom. The van der Waals surface area contributed by atoms with Crippen molar-refractivity contribution in [1.29, 1.82) is 0 Å². The zero-order chi connectivity index (χ0) is 15.1. The number of halogens is 1. The molecule has 0 spiro atoms. The molecule has 4 rings (SSSR count). The molecule has 0 bridgehead atoms. The molecule has 2 aromatic carbocycles. The number of nitrogens with zero attached hydrogens (tertiary/aromatic N) is 1. The molecule has 1 aliphatic rings. The molecule has 0 fully saturated rings. The van der Waals surface area contributed by atoms with E-state index >= 15 is 0 Å². The van der Waals surface area contributed by atoms with Gasteiger partial charge in [-0.1, -0.05) is 52.3 Å². The number of nitrogens with one attached hydrogen (secondary N) is 1. The number of hydrogen-bond acceptors (Lipinski definition) is 2. The molecule has 1 heterocycles. The first-order chi connectivity index (χ1) is 10.7. The highest BCUT2D eigenvalue weighted by atomic mass is 79.9. The molecule has 1 atom stereocenters. The summed E-state index contributed by atoms with van der Waals surface area (Å²) >= 11 is 3.66. The highest BCUT2D eigenvalue weighted by Gasteiger charge is 2.25. The van der Waals surface area contributed by atoms with Crippen LogP contribution < -0.4 is 5.32 Å². The molecule has 1 aliphatic carbocycles. The zero-order valence-corrected chi connectivity index (χ0v) is 14.0. The van der Waals surface area contributed by atoms with E-state index in [-0.39, 0.29) is 0 Å². The van der Waals surface area contributed by atoms with Crippen LogP contribution in [-0.2, 0) is 6.42 Å². The highest BCUT2D eigenvalue weighted by Crippen LogP contribution is 2.36. The summed E-state index contributed by atoms with van der Waals surface area (Å²) in [4.78, 5) is 4.71. The number of fused-ring (bicyclic) bond motifs is 2. The van der Waals surface area contributed by atoms with Crippen LogP contribution >= 0.6 is 15.9 Å². The van der Waals surface area contributed by atoms with Gasteiger partial charge in [-0.25, -0.2) is 4.98 Å². The van der Waals surface area contributed by atoms with Crippen molar-refractivity contribution in [2.45, 2.75) is 19.3 Å². The fraction of sp³-hybridized carbons (Fsp3) is 0.211. The molecule has 1 N–H and O–H groups in total. The van der Waals surface area contributed by atoms with Crippen LogP contribution in [-0.4, -0.2) is 11.5 Å². The molecule has 3 aromatic rings. The maximum atomic E-state index is 4.71. The van der Waals surface area contributed by atoms with Gasteiger partial charge in [0.2, 0.25) is 0 Å². The molecule has 3 heteroatoms. The first-order valence-corrected chi connectivity index (χ1v) is 8.39. The molecular formula is C19H17BrN2. The van der Waals surface area contributed by atoms with E-state index in [2.05, 4.69) is 69.8 Å². The second kappa shape index (κ2) is 5.40. The minimum Gasteiger partial charge on any atom is -0.369 e. The van der Waals surface area contributed by atoms with Crippen molar-refractivity contribution in [2.75, 3.05) is 11.9 Å². The number of rotatable bonds is 3. The molecule has 1 unspecified atom stereocenters.